The van der Waals surface area contributed by atoms with Crippen molar-refractivity contribution in [2.45, 2.75) is 38.0 Å². The maximum absolute atomic E-state index is 5.59. The van der Waals surface area contributed by atoms with Crippen molar-refractivity contribution in [2.24, 2.45) is 0 Å². The minimum Gasteiger partial charge on any atom is -0.115 e. The van der Waals surface area contributed by atoms with Crippen LogP contribution in [0.3, 0.4) is 0 Å². The topological polar surface area (TPSA) is 0 Å². The molecule has 0 saturated heterocycles. The molecule has 0 spiro atoms. The zero-order chi connectivity index (χ0) is 11.4. The molecule has 0 unspecified atom stereocenters. The summed E-state index contributed by atoms with van der Waals surface area (Å²) in [6.07, 6.45) is 17.6. The SMILES string of the molecule is C#Cc1cccc(C2CCCCC2)c1C#C. The van der Waals surface area contributed by atoms with E-state index >= 15 is 0 Å². The van der Waals surface area contributed by atoms with E-state index in [4.69, 9.17) is 12.8 Å². The van der Waals surface area contributed by atoms with E-state index in [9.17, 15) is 0 Å². The minimum atomic E-state index is 0.619. The Morgan fingerprint density at radius 3 is 2.38 bits per heavy atom. The molecule has 0 aromatic heterocycles. The molecule has 0 radical (unpaired) electrons. The monoisotopic (exact) mass is 208 g/mol. The first-order chi connectivity index (χ1) is 7.86. The van der Waals surface area contributed by atoms with Crippen LogP contribution in [0.1, 0.15) is 54.7 Å². The lowest BCUT2D eigenvalue weighted by atomic mass is 9.81. The van der Waals surface area contributed by atoms with E-state index < -0.39 is 0 Å². The summed E-state index contributed by atoms with van der Waals surface area (Å²) >= 11 is 0. The van der Waals surface area contributed by atoms with Crippen LogP contribution in [-0.2, 0) is 0 Å². The molecule has 0 heteroatoms. The lowest BCUT2D eigenvalue weighted by molar-refractivity contribution is 0.443. The third kappa shape index (κ3) is 1.98. The Labute approximate surface area is 98.1 Å². The van der Waals surface area contributed by atoms with Gasteiger partial charge in [0.2, 0.25) is 0 Å². The summed E-state index contributed by atoms with van der Waals surface area (Å²) in [5.74, 6) is 6.07. The fourth-order valence-corrected chi connectivity index (χ4v) is 2.61. The van der Waals surface area contributed by atoms with Gasteiger partial charge in [0.25, 0.3) is 0 Å². The van der Waals surface area contributed by atoms with Crippen LogP contribution in [0.4, 0.5) is 0 Å². The second-order valence-corrected chi connectivity index (χ2v) is 4.39. The van der Waals surface area contributed by atoms with Crippen LogP contribution in [0.25, 0.3) is 0 Å². The van der Waals surface area contributed by atoms with Crippen molar-refractivity contribution in [3.8, 4) is 24.7 Å². The molecule has 80 valence electrons. The van der Waals surface area contributed by atoms with Gasteiger partial charge in [-0.15, -0.1) is 12.8 Å². The molecule has 0 nitrogen and oxygen atoms in total. The Bertz CT molecular complexity index is 448. The molecule has 0 atom stereocenters. The average molecular weight is 208 g/mol. The predicted molar refractivity (Wildman–Crippen MR) is 68.1 cm³/mol. The highest BCUT2D eigenvalue weighted by molar-refractivity contribution is 5.54. The molecule has 0 aliphatic heterocycles. The molecule has 1 aromatic carbocycles. The zero-order valence-electron chi connectivity index (χ0n) is 9.50. The summed E-state index contributed by atoms with van der Waals surface area (Å²) in [7, 11) is 0. The Balaban J connectivity index is 2.40. The van der Waals surface area contributed by atoms with Gasteiger partial charge in [-0.1, -0.05) is 43.2 Å². The molecular formula is C16H16. The number of terminal acetylenes is 2. The van der Waals surface area contributed by atoms with Crippen molar-refractivity contribution in [1.82, 2.24) is 0 Å². The normalized spacial score (nSPS) is 16.4. The van der Waals surface area contributed by atoms with Crippen LogP contribution in [0.15, 0.2) is 18.2 Å². The standard InChI is InChI=1S/C16H16/c1-3-13-11-8-12-16(15(13)4-2)14-9-6-5-7-10-14/h1-2,8,11-12,14H,5-7,9-10H2. The highest BCUT2D eigenvalue weighted by Crippen LogP contribution is 2.34. The first kappa shape index (κ1) is 10.8. The third-order valence-corrected chi connectivity index (χ3v) is 3.44. The van der Waals surface area contributed by atoms with E-state index in [0.29, 0.717) is 5.92 Å². The Morgan fingerprint density at radius 1 is 1.00 bits per heavy atom. The largest absolute Gasteiger partial charge is 0.115 e. The number of rotatable bonds is 1. The van der Waals surface area contributed by atoms with Crippen LogP contribution in [0.5, 0.6) is 0 Å². The second kappa shape index (κ2) is 4.91. The van der Waals surface area contributed by atoms with E-state index in [2.05, 4.69) is 17.9 Å². The zero-order valence-corrected chi connectivity index (χ0v) is 9.50. The second-order valence-electron chi connectivity index (χ2n) is 4.39. The van der Waals surface area contributed by atoms with Gasteiger partial charge in [-0.05, 0) is 30.4 Å². The summed E-state index contributed by atoms with van der Waals surface area (Å²) in [5, 5.41) is 0. The molecule has 0 bridgehead atoms. The summed E-state index contributed by atoms with van der Waals surface area (Å²) < 4.78 is 0. The van der Waals surface area contributed by atoms with Crippen LogP contribution in [0.2, 0.25) is 0 Å². The molecular weight excluding hydrogens is 192 g/mol. The van der Waals surface area contributed by atoms with Gasteiger partial charge in [0.1, 0.15) is 0 Å². The molecule has 0 amide bonds. The van der Waals surface area contributed by atoms with Gasteiger partial charge in [0.15, 0.2) is 0 Å². The van der Waals surface area contributed by atoms with Crippen molar-refractivity contribution in [3.05, 3.63) is 34.9 Å². The van der Waals surface area contributed by atoms with E-state index in [0.717, 1.165) is 11.1 Å². The predicted octanol–water partition coefficient (Wildman–Crippen LogP) is 3.70. The highest BCUT2D eigenvalue weighted by atomic mass is 14.2. The third-order valence-electron chi connectivity index (χ3n) is 3.44. The molecule has 1 saturated carbocycles. The number of benzene rings is 1. The molecule has 0 N–H and O–H groups in total. The summed E-state index contributed by atoms with van der Waals surface area (Å²) in [4.78, 5) is 0. The molecule has 16 heavy (non-hydrogen) atoms. The number of hydrogen-bond acceptors (Lipinski definition) is 0. The fourth-order valence-electron chi connectivity index (χ4n) is 2.61. The molecule has 0 heterocycles. The Hall–Kier alpha value is -1.66. The van der Waals surface area contributed by atoms with Gasteiger partial charge < -0.3 is 0 Å². The van der Waals surface area contributed by atoms with E-state index in [1.54, 1.807) is 0 Å². The summed E-state index contributed by atoms with van der Waals surface area (Å²) in [5.41, 5.74) is 3.10. The van der Waals surface area contributed by atoms with Gasteiger partial charge in [-0.3, -0.25) is 0 Å². The van der Waals surface area contributed by atoms with Crippen molar-refractivity contribution < 1.29 is 0 Å². The molecule has 2 rings (SSSR count). The van der Waals surface area contributed by atoms with Crippen molar-refractivity contribution in [2.75, 3.05) is 0 Å². The van der Waals surface area contributed by atoms with E-state index in [1.807, 2.05) is 12.1 Å². The highest BCUT2D eigenvalue weighted by Gasteiger charge is 2.18. The Morgan fingerprint density at radius 2 is 1.75 bits per heavy atom. The van der Waals surface area contributed by atoms with Crippen LogP contribution in [-0.4, -0.2) is 0 Å². The molecule has 1 aliphatic rings. The molecule has 1 fully saturated rings. The molecule has 1 aliphatic carbocycles. The minimum absolute atomic E-state index is 0.619. The van der Waals surface area contributed by atoms with Crippen molar-refractivity contribution in [3.63, 3.8) is 0 Å². The van der Waals surface area contributed by atoms with Crippen molar-refractivity contribution in [1.29, 1.82) is 0 Å². The van der Waals surface area contributed by atoms with Gasteiger partial charge >= 0.3 is 0 Å². The number of hydrogen-bond donors (Lipinski definition) is 0. The first-order valence-corrected chi connectivity index (χ1v) is 5.93. The van der Waals surface area contributed by atoms with Gasteiger partial charge in [0, 0.05) is 11.1 Å². The van der Waals surface area contributed by atoms with Gasteiger partial charge in [-0.2, -0.15) is 0 Å². The first-order valence-electron chi connectivity index (χ1n) is 5.93. The van der Waals surface area contributed by atoms with E-state index in [1.165, 1.54) is 37.7 Å². The quantitative estimate of drug-likeness (QED) is 0.617. The Kier molecular flexibility index (Phi) is 3.33. The fraction of sp³-hybridized carbons (Fsp3) is 0.375. The lowest BCUT2D eigenvalue weighted by Crippen LogP contribution is -2.07. The lowest BCUT2D eigenvalue weighted by Gasteiger charge is -2.23. The summed E-state index contributed by atoms with van der Waals surface area (Å²) in [6.45, 7) is 0. The van der Waals surface area contributed by atoms with Crippen LogP contribution < -0.4 is 0 Å². The van der Waals surface area contributed by atoms with Crippen LogP contribution in [0, 0.1) is 24.7 Å². The molecule has 1 aromatic rings. The smallest absolute Gasteiger partial charge is 0.0433 e. The van der Waals surface area contributed by atoms with Crippen molar-refractivity contribution >= 4 is 0 Å². The maximum Gasteiger partial charge on any atom is 0.0433 e. The van der Waals surface area contributed by atoms with Gasteiger partial charge in [-0.25, -0.2) is 0 Å². The summed E-state index contributed by atoms with van der Waals surface area (Å²) in [6, 6.07) is 6.10. The maximum atomic E-state index is 5.59. The average Bonchev–Trinajstić information content (AvgIpc) is 2.38. The van der Waals surface area contributed by atoms with Gasteiger partial charge in [0.05, 0.1) is 0 Å². The van der Waals surface area contributed by atoms with Crippen LogP contribution >= 0.6 is 0 Å². The van der Waals surface area contributed by atoms with E-state index in [-0.39, 0.29) is 0 Å².